The second-order valence-corrected chi connectivity index (χ2v) is 5.73. The van der Waals surface area contributed by atoms with Crippen molar-refractivity contribution in [3.63, 3.8) is 0 Å². The number of nitrogens with one attached hydrogen (secondary N) is 1. The predicted molar refractivity (Wildman–Crippen MR) is 85.0 cm³/mol. The molecule has 1 amide bonds. The van der Waals surface area contributed by atoms with E-state index in [0.717, 1.165) is 21.7 Å². The van der Waals surface area contributed by atoms with E-state index in [1.165, 1.54) is 0 Å². The lowest BCUT2D eigenvalue weighted by Crippen LogP contribution is -2.35. The van der Waals surface area contributed by atoms with Crippen LogP contribution in [0.3, 0.4) is 0 Å². The van der Waals surface area contributed by atoms with Crippen molar-refractivity contribution in [3.8, 4) is 5.75 Å². The number of hydrogen-bond donors (Lipinski definition) is 1. The molecule has 0 radical (unpaired) electrons. The normalized spacial score (nSPS) is 12.2. The van der Waals surface area contributed by atoms with Crippen LogP contribution < -0.4 is 10.1 Å². The number of carbonyl (C=O) groups is 1. The van der Waals surface area contributed by atoms with Gasteiger partial charge in [-0.05, 0) is 48.4 Å². The predicted octanol–water partition coefficient (Wildman–Crippen LogP) is 3.90. The summed E-state index contributed by atoms with van der Waals surface area (Å²) in [6.45, 7) is 4.06. The molecule has 3 nitrogen and oxygen atoms in total. The first-order valence-electron chi connectivity index (χ1n) is 6.70. The zero-order valence-corrected chi connectivity index (χ0v) is 13.2. The van der Waals surface area contributed by atoms with E-state index >= 15 is 0 Å². The van der Waals surface area contributed by atoms with Crippen molar-refractivity contribution < 1.29 is 9.53 Å². The summed E-state index contributed by atoms with van der Waals surface area (Å²) in [5, 5.41) is 5.10. The summed E-state index contributed by atoms with van der Waals surface area (Å²) in [5.41, 5.74) is 0. The molecular formula is C16H18BrNO2. The van der Waals surface area contributed by atoms with E-state index in [1.54, 1.807) is 0 Å². The molecule has 0 saturated carbocycles. The molecule has 0 heterocycles. The molecule has 1 atom stereocenters. The molecule has 106 valence electrons. The Morgan fingerprint density at radius 2 is 1.95 bits per heavy atom. The van der Waals surface area contributed by atoms with Crippen LogP contribution in [0.5, 0.6) is 5.75 Å². The van der Waals surface area contributed by atoms with Gasteiger partial charge in [0.05, 0.1) is 0 Å². The number of hydrogen-bond acceptors (Lipinski definition) is 2. The van der Waals surface area contributed by atoms with Crippen LogP contribution in [0.1, 0.15) is 20.3 Å². The Balaban J connectivity index is 2.00. The third-order valence-electron chi connectivity index (χ3n) is 3.16. The van der Waals surface area contributed by atoms with Crippen LogP contribution in [0.4, 0.5) is 0 Å². The first kappa shape index (κ1) is 14.9. The van der Waals surface area contributed by atoms with Gasteiger partial charge in [0.15, 0.2) is 6.61 Å². The molecule has 0 fully saturated rings. The molecule has 0 aliphatic rings. The van der Waals surface area contributed by atoms with Gasteiger partial charge in [0, 0.05) is 10.5 Å². The summed E-state index contributed by atoms with van der Waals surface area (Å²) in [6, 6.07) is 12.0. The monoisotopic (exact) mass is 335 g/mol. The molecule has 0 aliphatic heterocycles. The van der Waals surface area contributed by atoms with Crippen molar-refractivity contribution in [1.29, 1.82) is 0 Å². The maximum atomic E-state index is 11.7. The fraction of sp³-hybridized carbons (Fsp3) is 0.312. The van der Waals surface area contributed by atoms with Crippen LogP contribution in [0.2, 0.25) is 0 Å². The standard InChI is InChI=1S/C16H18BrNO2/c1-3-11(2)18-16(19)10-20-15-7-5-12-8-14(17)6-4-13(12)9-15/h4-9,11H,3,10H2,1-2H3,(H,18,19)/t11-/m1/s1. The highest BCUT2D eigenvalue weighted by Crippen LogP contribution is 2.24. The third kappa shape index (κ3) is 3.97. The second-order valence-electron chi connectivity index (χ2n) is 4.82. The molecule has 4 heteroatoms. The van der Waals surface area contributed by atoms with Crippen molar-refractivity contribution >= 4 is 32.6 Å². The zero-order chi connectivity index (χ0) is 14.5. The first-order chi connectivity index (χ1) is 9.58. The van der Waals surface area contributed by atoms with Gasteiger partial charge in [-0.25, -0.2) is 0 Å². The largest absolute Gasteiger partial charge is 0.484 e. The lowest BCUT2D eigenvalue weighted by Gasteiger charge is -2.12. The topological polar surface area (TPSA) is 38.3 Å². The molecule has 0 spiro atoms. The Morgan fingerprint density at radius 3 is 2.70 bits per heavy atom. The summed E-state index contributed by atoms with van der Waals surface area (Å²) >= 11 is 3.45. The Morgan fingerprint density at radius 1 is 1.25 bits per heavy atom. The number of benzene rings is 2. The van der Waals surface area contributed by atoms with Crippen LogP contribution in [0.15, 0.2) is 40.9 Å². The molecular weight excluding hydrogens is 318 g/mol. The molecule has 20 heavy (non-hydrogen) atoms. The van der Waals surface area contributed by atoms with Crippen molar-refractivity contribution in [2.45, 2.75) is 26.3 Å². The smallest absolute Gasteiger partial charge is 0.258 e. The van der Waals surface area contributed by atoms with Crippen LogP contribution in [-0.2, 0) is 4.79 Å². The zero-order valence-electron chi connectivity index (χ0n) is 11.7. The van der Waals surface area contributed by atoms with E-state index in [1.807, 2.05) is 44.2 Å². The van der Waals surface area contributed by atoms with Gasteiger partial charge < -0.3 is 10.1 Å². The Hall–Kier alpha value is -1.55. The van der Waals surface area contributed by atoms with E-state index in [4.69, 9.17) is 4.74 Å². The van der Waals surface area contributed by atoms with E-state index in [0.29, 0.717) is 5.75 Å². The number of ether oxygens (including phenoxy) is 1. The molecule has 0 saturated heterocycles. The lowest BCUT2D eigenvalue weighted by molar-refractivity contribution is -0.123. The number of amides is 1. The van der Waals surface area contributed by atoms with Crippen molar-refractivity contribution in [2.24, 2.45) is 0 Å². The summed E-state index contributed by atoms with van der Waals surface area (Å²) in [4.78, 5) is 11.7. The average molecular weight is 336 g/mol. The maximum absolute atomic E-state index is 11.7. The summed E-state index contributed by atoms with van der Waals surface area (Å²) in [5.74, 6) is 0.620. The SMILES string of the molecule is CC[C@@H](C)NC(=O)COc1ccc2cc(Br)ccc2c1. The van der Waals surface area contributed by atoms with E-state index in [-0.39, 0.29) is 18.6 Å². The molecule has 1 N–H and O–H groups in total. The first-order valence-corrected chi connectivity index (χ1v) is 7.49. The molecule has 0 unspecified atom stereocenters. The summed E-state index contributed by atoms with van der Waals surface area (Å²) in [7, 11) is 0. The summed E-state index contributed by atoms with van der Waals surface area (Å²) in [6.07, 6.45) is 0.913. The lowest BCUT2D eigenvalue weighted by atomic mass is 10.1. The van der Waals surface area contributed by atoms with Crippen LogP contribution >= 0.6 is 15.9 Å². The highest BCUT2D eigenvalue weighted by Gasteiger charge is 2.06. The van der Waals surface area contributed by atoms with Crippen LogP contribution in [-0.4, -0.2) is 18.6 Å². The minimum absolute atomic E-state index is 0.0480. The Kier molecular flexibility index (Phi) is 5.01. The minimum atomic E-state index is -0.0877. The van der Waals surface area contributed by atoms with Crippen LogP contribution in [0, 0.1) is 0 Å². The molecule has 2 rings (SSSR count). The molecule has 0 aliphatic carbocycles. The highest BCUT2D eigenvalue weighted by atomic mass is 79.9. The molecule has 2 aromatic carbocycles. The average Bonchev–Trinajstić information content (AvgIpc) is 2.44. The van der Waals surface area contributed by atoms with Gasteiger partial charge in [0.1, 0.15) is 5.75 Å². The van der Waals surface area contributed by atoms with Gasteiger partial charge in [-0.15, -0.1) is 0 Å². The van der Waals surface area contributed by atoms with E-state index < -0.39 is 0 Å². The van der Waals surface area contributed by atoms with E-state index in [9.17, 15) is 4.79 Å². The van der Waals surface area contributed by atoms with Gasteiger partial charge in [-0.1, -0.05) is 35.0 Å². The molecule has 0 bridgehead atoms. The Labute approximate surface area is 127 Å². The van der Waals surface area contributed by atoms with Gasteiger partial charge in [-0.2, -0.15) is 0 Å². The van der Waals surface area contributed by atoms with E-state index in [2.05, 4.69) is 27.3 Å². The van der Waals surface area contributed by atoms with Gasteiger partial charge in [0.2, 0.25) is 0 Å². The Bertz CT molecular complexity index is 612. The van der Waals surface area contributed by atoms with Crippen molar-refractivity contribution in [3.05, 3.63) is 40.9 Å². The third-order valence-corrected chi connectivity index (χ3v) is 3.66. The molecule has 2 aromatic rings. The maximum Gasteiger partial charge on any atom is 0.258 e. The number of carbonyl (C=O) groups excluding carboxylic acids is 1. The quantitative estimate of drug-likeness (QED) is 0.899. The minimum Gasteiger partial charge on any atom is -0.484 e. The molecule has 0 aromatic heterocycles. The van der Waals surface area contributed by atoms with Crippen molar-refractivity contribution in [2.75, 3.05) is 6.61 Å². The number of rotatable bonds is 5. The fourth-order valence-electron chi connectivity index (χ4n) is 1.85. The summed E-state index contributed by atoms with van der Waals surface area (Å²) < 4.78 is 6.58. The second kappa shape index (κ2) is 6.75. The number of fused-ring (bicyclic) bond motifs is 1. The highest BCUT2D eigenvalue weighted by molar-refractivity contribution is 9.10. The van der Waals surface area contributed by atoms with Gasteiger partial charge in [0.25, 0.3) is 5.91 Å². The van der Waals surface area contributed by atoms with Gasteiger partial charge >= 0.3 is 0 Å². The van der Waals surface area contributed by atoms with Crippen molar-refractivity contribution in [1.82, 2.24) is 5.32 Å². The van der Waals surface area contributed by atoms with Gasteiger partial charge in [-0.3, -0.25) is 4.79 Å². The fourth-order valence-corrected chi connectivity index (χ4v) is 2.23. The number of halogens is 1. The van der Waals surface area contributed by atoms with Crippen LogP contribution in [0.25, 0.3) is 10.8 Å².